The van der Waals surface area contributed by atoms with Gasteiger partial charge in [0.2, 0.25) is 5.91 Å². The monoisotopic (exact) mass is 336 g/mol. The van der Waals surface area contributed by atoms with E-state index in [1.165, 1.54) is 18.6 Å². The van der Waals surface area contributed by atoms with Gasteiger partial charge in [0.15, 0.2) is 0 Å². The fourth-order valence-corrected chi connectivity index (χ4v) is 2.07. The van der Waals surface area contributed by atoms with Crippen LogP contribution in [0.3, 0.4) is 0 Å². The van der Waals surface area contributed by atoms with Gasteiger partial charge in [-0.15, -0.1) is 0 Å². The number of hydrogen-bond acceptors (Lipinski definition) is 5. The van der Waals surface area contributed by atoms with Crippen LogP contribution in [0.25, 0.3) is 0 Å². The summed E-state index contributed by atoms with van der Waals surface area (Å²) in [7, 11) is 0. The van der Waals surface area contributed by atoms with Crippen LogP contribution >= 0.6 is 0 Å². The zero-order valence-electron chi connectivity index (χ0n) is 14.8. The highest BCUT2D eigenvalue weighted by atomic mass is 16.5. The molecular formula is C17H28N4O3. The van der Waals surface area contributed by atoms with Crippen LogP contribution in [-0.2, 0) is 9.53 Å². The smallest absolute Gasteiger partial charge is 0.274 e. The first-order chi connectivity index (χ1) is 11.6. The van der Waals surface area contributed by atoms with Crippen LogP contribution < -0.4 is 5.32 Å². The van der Waals surface area contributed by atoms with Crippen molar-refractivity contribution in [3.8, 4) is 0 Å². The topological polar surface area (TPSA) is 84.4 Å². The Morgan fingerprint density at radius 3 is 2.71 bits per heavy atom. The van der Waals surface area contributed by atoms with Gasteiger partial charge in [-0.05, 0) is 26.7 Å². The van der Waals surface area contributed by atoms with Crippen molar-refractivity contribution in [3.63, 3.8) is 0 Å². The molecule has 0 aliphatic rings. The average Bonchev–Trinajstić information content (AvgIpc) is 2.61. The summed E-state index contributed by atoms with van der Waals surface area (Å²) in [6, 6.07) is 0.139. The predicted octanol–water partition coefficient (Wildman–Crippen LogP) is 1.65. The number of carbonyl (C=O) groups excluding carboxylic acids is 2. The Balaban J connectivity index is 2.60. The molecule has 0 aliphatic carbocycles. The normalized spacial score (nSPS) is 11.8. The third-order valence-corrected chi connectivity index (χ3v) is 3.62. The third-order valence-electron chi connectivity index (χ3n) is 3.62. The van der Waals surface area contributed by atoms with E-state index >= 15 is 0 Å². The van der Waals surface area contributed by atoms with Crippen LogP contribution in [-0.4, -0.2) is 59.0 Å². The van der Waals surface area contributed by atoms with E-state index in [2.05, 4.69) is 15.3 Å². The maximum atomic E-state index is 12.6. The van der Waals surface area contributed by atoms with Crippen molar-refractivity contribution < 1.29 is 14.3 Å². The Kier molecular flexibility index (Phi) is 9.60. The number of carbonyl (C=O) groups is 2. The molecule has 0 aliphatic heterocycles. The Labute approximate surface area is 143 Å². The van der Waals surface area contributed by atoms with Crippen molar-refractivity contribution in [1.82, 2.24) is 20.2 Å². The molecule has 1 N–H and O–H groups in total. The van der Waals surface area contributed by atoms with Gasteiger partial charge in [0, 0.05) is 51.2 Å². The fraction of sp³-hybridized carbons (Fsp3) is 0.647. The van der Waals surface area contributed by atoms with Gasteiger partial charge in [-0.2, -0.15) is 0 Å². The van der Waals surface area contributed by atoms with Crippen LogP contribution in [0.4, 0.5) is 0 Å². The van der Waals surface area contributed by atoms with Gasteiger partial charge >= 0.3 is 0 Å². The number of rotatable bonds is 11. The lowest BCUT2D eigenvalue weighted by molar-refractivity contribution is -0.121. The van der Waals surface area contributed by atoms with Crippen molar-refractivity contribution in [3.05, 3.63) is 24.3 Å². The maximum Gasteiger partial charge on any atom is 0.274 e. The number of nitrogens with one attached hydrogen (secondary N) is 1. The van der Waals surface area contributed by atoms with E-state index in [1.807, 2.05) is 20.8 Å². The number of aromatic nitrogens is 2. The highest BCUT2D eigenvalue weighted by Gasteiger charge is 2.18. The minimum absolute atomic E-state index is 0.0499. The molecule has 7 nitrogen and oxygen atoms in total. The molecule has 0 aromatic carbocycles. The minimum Gasteiger partial charge on any atom is -0.382 e. The van der Waals surface area contributed by atoms with E-state index in [9.17, 15) is 9.59 Å². The van der Waals surface area contributed by atoms with E-state index in [1.54, 1.807) is 4.90 Å². The fourth-order valence-electron chi connectivity index (χ4n) is 2.07. The molecule has 7 heteroatoms. The largest absolute Gasteiger partial charge is 0.382 e. The summed E-state index contributed by atoms with van der Waals surface area (Å²) >= 11 is 0. The van der Waals surface area contributed by atoms with E-state index in [4.69, 9.17) is 4.74 Å². The molecule has 1 rings (SSSR count). The first-order valence-electron chi connectivity index (χ1n) is 8.50. The van der Waals surface area contributed by atoms with Crippen molar-refractivity contribution >= 4 is 11.8 Å². The van der Waals surface area contributed by atoms with Crippen LogP contribution in [0.15, 0.2) is 18.6 Å². The molecule has 134 valence electrons. The summed E-state index contributed by atoms with van der Waals surface area (Å²) in [5.74, 6) is -0.262. The van der Waals surface area contributed by atoms with Crippen molar-refractivity contribution in [2.24, 2.45) is 0 Å². The standard InChI is InChI=1S/C17H28N4O3/c1-4-14(3)20-16(22)7-11-21(10-6-12-24-5-2)17(23)15-13-18-8-9-19-15/h8-9,13-14H,4-7,10-12H2,1-3H3,(H,20,22)/t14-/m1/s1. The maximum absolute atomic E-state index is 12.6. The lowest BCUT2D eigenvalue weighted by atomic mass is 10.2. The molecule has 0 bridgehead atoms. The quantitative estimate of drug-likeness (QED) is 0.621. The molecule has 0 spiro atoms. The second-order valence-corrected chi connectivity index (χ2v) is 5.56. The molecule has 1 aromatic heterocycles. The number of nitrogens with zero attached hydrogens (tertiary/aromatic N) is 3. The minimum atomic E-state index is -0.212. The van der Waals surface area contributed by atoms with E-state index < -0.39 is 0 Å². The third kappa shape index (κ3) is 7.50. The summed E-state index contributed by atoms with van der Waals surface area (Å²) in [5.41, 5.74) is 0.288. The molecule has 2 amide bonds. The summed E-state index contributed by atoms with van der Waals surface area (Å²) in [6.07, 6.45) is 6.31. The van der Waals surface area contributed by atoms with E-state index in [-0.39, 0.29) is 30.0 Å². The first kappa shape index (κ1) is 20.0. The molecule has 0 unspecified atom stereocenters. The highest BCUT2D eigenvalue weighted by molar-refractivity contribution is 5.92. The van der Waals surface area contributed by atoms with Gasteiger partial charge in [-0.25, -0.2) is 4.98 Å². The van der Waals surface area contributed by atoms with Crippen LogP contribution in [0.5, 0.6) is 0 Å². The number of ether oxygens (including phenoxy) is 1. The van der Waals surface area contributed by atoms with Gasteiger partial charge in [-0.1, -0.05) is 6.92 Å². The highest BCUT2D eigenvalue weighted by Crippen LogP contribution is 2.04. The molecule has 1 aromatic rings. The van der Waals surface area contributed by atoms with Gasteiger partial charge in [0.1, 0.15) is 5.69 Å². The molecule has 0 radical (unpaired) electrons. The molecule has 24 heavy (non-hydrogen) atoms. The van der Waals surface area contributed by atoms with Gasteiger partial charge in [0.25, 0.3) is 5.91 Å². The second-order valence-electron chi connectivity index (χ2n) is 5.56. The van der Waals surface area contributed by atoms with Crippen LogP contribution in [0, 0.1) is 0 Å². The Morgan fingerprint density at radius 1 is 1.29 bits per heavy atom. The summed E-state index contributed by atoms with van der Waals surface area (Å²) < 4.78 is 5.32. The average molecular weight is 336 g/mol. The van der Waals surface area contributed by atoms with Gasteiger partial charge in [-0.3, -0.25) is 14.6 Å². The molecule has 1 heterocycles. The molecule has 0 saturated heterocycles. The van der Waals surface area contributed by atoms with Crippen LogP contribution in [0.2, 0.25) is 0 Å². The Bertz CT molecular complexity index is 496. The van der Waals surface area contributed by atoms with Crippen molar-refractivity contribution in [1.29, 1.82) is 0 Å². The lowest BCUT2D eigenvalue weighted by Crippen LogP contribution is -2.38. The SMILES string of the molecule is CCOCCCN(CCC(=O)N[C@H](C)CC)C(=O)c1cnccn1. The van der Waals surface area contributed by atoms with E-state index in [0.29, 0.717) is 32.7 Å². The summed E-state index contributed by atoms with van der Waals surface area (Å²) in [4.78, 5) is 34.1. The first-order valence-corrected chi connectivity index (χ1v) is 8.50. The summed E-state index contributed by atoms with van der Waals surface area (Å²) in [6.45, 7) is 8.01. The Hall–Kier alpha value is -2.02. The number of amides is 2. The summed E-state index contributed by atoms with van der Waals surface area (Å²) in [5, 5.41) is 2.91. The van der Waals surface area contributed by atoms with E-state index in [0.717, 1.165) is 6.42 Å². The molecule has 0 fully saturated rings. The molecule has 1 atom stereocenters. The zero-order chi connectivity index (χ0) is 17.8. The number of hydrogen-bond donors (Lipinski definition) is 1. The van der Waals surface area contributed by atoms with Gasteiger partial charge < -0.3 is 15.0 Å². The van der Waals surface area contributed by atoms with Crippen molar-refractivity contribution in [2.75, 3.05) is 26.3 Å². The molecular weight excluding hydrogens is 308 g/mol. The van der Waals surface area contributed by atoms with Gasteiger partial charge in [0.05, 0.1) is 6.20 Å². The van der Waals surface area contributed by atoms with Crippen LogP contribution in [0.1, 0.15) is 50.5 Å². The lowest BCUT2D eigenvalue weighted by Gasteiger charge is -2.22. The predicted molar refractivity (Wildman–Crippen MR) is 91.6 cm³/mol. The van der Waals surface area contributed by atoms with Crippen molar-refractivity contribution in [2.45, 2.75) is 46.1 Å². The Morgan fingerprint density at radius 2 is 2.08 bits per heavy atom. The second kappa shape index (κ2) is 11.5. The zero-order valence-corrected chi connectivity index (χ0v) is 14.8. The molecule has 0 saturated carbocycles.